The molecule has 0 spiro atoms. The summed E-state index contributed by atoms with van der Waals surface area (Å²) in [7, 11) is 1.89. The van der Waals surface area contributed by atoms with Gasteiger partial charge in [0.2, 0.25) is 5.28 Å². The van der Waals surface area contributed by atoms with E-state index < -0.39 is 0 Å². The summed E-state index contributed by atoms with van der Waals surface area (Å²) in [4.78, 5) is 7.86. The molecule has 0 aliphatic heterocycles. The van der Waals surface area contributed by atoms with Gasteiger partial charge in [-0.25, -0.2) is 9.97 Å². The maximum Gasteiger partial charge on any atom is 0.222 e. The molecular weight excluding hydrogens is 200 g/mol. The summed E-state index contributed by atoms with van der Waals surface area (Å²) in [5, 5.41) is 4.40. The maximum atomic E-state index is 5.61. The van der Waals surface area contributed by atoms with Crippen molar-refractivity contribution in [3.05, 3.63) is 29.4 Å². The van der Waals surface area contributed by atoms with E-state index in [9.17, 15) is 0 Å². The van der Waals surface area contributed by atoms with Crippen LogP contribution in [0, 0.1) is 6.92 Å². The molecule has 0 aromatic carbocycles. The van der Waals surface area contributed by atoms with Gasteiger partial charge in [-0.15, -0.1) is 0 Å². The second kappa shape index (κ2) is 3.38. The molecule has 2 heterocycles. The number of hydrogen-bond acceptors (Lipinski definition) is 3. The van der Waals surface area contributed by atoms with Gasteiger partial charge in [0.1, 0.15) is 0 Å². The third-order valence-electron chi connectivity index (χ3n) is 2.02. The van der Waals surface area contributed by atoms with Crippen molar-refractivity contribution < 1.29 is 0 Å². The minimum Gasteiger partial charge on any atom is -0.268 e. The van der Waals surface area contributed by atoms with Crippen LogP contribution in [-0.4, -0.2) is 19.7 Å². The van der Waals surface area contributed by atoms with Crippen LogP contribution < -0.4 is 0 Å². The van der Waals surface area contributed by atoms with Crippen LogP contribution in [0.25, 0.3) is 11.3 Å². The van der Waals surface area contributed by atoms with Crippen LogP contribution >= 0.6 is 11.6 Å². The molecule has 2 rings (SSSR count). The molecule has 0 aliphatic rings. The second-order valence-corrected chi connectivity index (χ2v) is 3.38. The van der Waals surface area contributed by atoms with Gasteiger partial charge in [-0.05, 0) is 24.1 Å². The third kappa shape index (κ3) is 1.48. The van der Waals surface area contributed by atoms with Crippen molar-refractivity contribution in [1.82, 2.24) is 19.7 Å². The largest absolute Gasteiger partial charge is 0.268 e. The number of rotatable bonds is 1. The highest BCUT2D eigenvalue weighted by Gasteiger charge is 2.07. The molecule has 5 heteroatoms. The molecule has 0 N–H and O–H groups in total. The Morgan fingerprint density at radius 3 is 2.36 bits per heavy atom. The summed E-state index contributed by atoms with van der Waals surface area (Å²) in [5.74, 6) is 0. The van der Waals surface area contributed by atoms with Crippen LogP contribution in [0.1, 0.15) is 5.56 Å². The summed E-state index contributed by atoms with van der Waals surface area (Å²) < 4.78 is 1.79. The molecule has 0 saturated heterocycles. The van der Waals surface area contributed by atoms with E-state index in [0.717, 1.165) is 16.8 Å². The lowest BCUT2D eigenvalue weighted by Gasteiger charge is -2.02. The number of halogens is 1. The second-order valence-electron chi connectivity index (χ2n) is 3.04. The van der Waals surface area contributed by atoms with Crippen molar-refractivity contribution >= 4 is 11.6 Å². The third-order valence-corrected chi connectivity index (χ3v) is 2.21. The zero-order valence-corrected chi connectivity index (χ0v) is 8.65. The zero-order chi connectivity index (χ0) is 10.1. The average molecular weight is 209 g/mol. The smallest absolute Gasteiger partial charge is 0.222 e. The summed E-state index contributed by atoms with van der Waals surface area (Å²) in [6, 6.07) is 0. The van der Waals surface area contributed by atoms with Crippen molar-refractivity contribution in [1.29, 1.82) is 0 Å². The van der Waals surface area contributed by atoms with Crippen molar-refractivity contribution in [3.63, 3.8) is 0 Å². The lowest BCUT2D eigenvalue weighted by Crippen LogP contribution is -1.95. The van der Waals surface area contributed by atoms with Crippen LogP contribution in [0.2, 0.25) is 5.28 Å². The van der Waals surface area contributed by atoms with Crippen LogP contribution in [0.5, 0.6) is 0 Å². The predicted molar refractivity (Wildman–Crippen MR) is 54.0 cm³/mol. The molecule has 0 saturated carbocycles. The van der Waals surface area contributed by atoms with Crippen LogP contribution in [0.3, 0.4) is 0 Å². The van der Waals surface area contributed by atoms with E-state index in [1.807, 2.05) is 20.2 Å². The average Bonchev–Trinajstić information content (AvgIpc) is 2.49. The highest BCUT2D eigenvalue weighted by molar-refractivity contribution is 6.28. The monoisotopic (exact) mass is 208 g/mol. The molecule has 72 valence electrons. The SMILES string of the molecule is Cc1cnn(C)c1-c1cnc(Cl)nc1. The Labute approximate surface area is 86.6 Å². The molecule has 4 nitrogen and oxygen atoms in total. The normalized spacial score (nSPS) is 10.5. The first-order valence-electron chi connectivity index (χ1n) is 4.15. The van der Waals surface area contributed by atoms with E-state index in [1.54, 1.807) is 17.1 Å². The van der Waals surface area contributed by atoms with Gasteiger partial charge in [-0.1, -0.05) is 0 Å². The zero-order valence-electron chi connectivity index (χ0n) is 7.90. The fraction of sp³-hybridized carbons (Fsp3) is 0.222. The van der Waals surface area contributed by atoms with Crippen LogP contribution in [-0.2, 0) is 7.05 Å². The first-order valence-corrected chi connectivity index (χ1v) is 4.53. The molecule has 0 amide bonds. The van der Waals surface area contributed by atoms with Crippen molar-refractivity contribution in [2.24, 2.45) is 7.05 Å². The molecule has 0 unspecified atom stereocenters. The van der Waals surface area contributed by atoms with E-state index in [4.69, 9.17) is 11.6 Å². The van der Waals surface area contributed by atoms with E-state index >= 15 is 0 Å². The van der Waals surface area contributed by atoms with Gasteiger partial charge in [-0.3, -0.25) is 4.68 Å². The fourth-order valence-electron chi connectivity index (χ4n) is 1.40. The van der Waals surface area contributed by atoms with E-state index in [-0.39, 0.29) is 5.28 Å². The lowest BCUT2D eigenvalue weighted by molar-refractivity contribution is 0.774. The van der Waals surface area contributed by atoms with Gasteiger partial charge in [0, 0.05) is 25.0 Å². The molecule has 2 aromatic rings. The van der Waals surface area contributed by atoms with Crippen LogP contribution in [0.15, 0.2) is 18.6 Å². The first kappa shape index (κ1) is 9.15. The van der Waals surface area contributed by atoms with Gasteiger partial charge in [0.05, 0.1) is 11.9 Å². The topological polar surface area (TPSA) is 43.6 Å². The number of aryl methyl sites for hydroxylation is 2. The molecule has 2 aromatic heterocycles. The van der Waals surface area contributed by atoms with Gasteiger partial charge >= 0.3 is 0 Å². The van der Waals surface area contributed by atoms with Crippen molar-refractivity contribution in [3.8, 4) is 11.3 Å². The van der Waals surface area contributed by atoms with E-state index in [1.165, 1.54) is 0 Å². The van der Waals surface area contributed by atoms with Gasteiger partial charge in [0.15, 0.2) is 0 Å². The van der Waals surface area contributed by atoms with E-state index in [2.05, 4.69) is 15.1 Å². The summed E-state index contributed by atoms with van der Waals surface area (Å²) in [6.07, 6.45) is 5.20. The Hall–Kier alpha value is -1.42. The number of hydrogen-bond donors (Lipinski definition) is 0. The summed E-state index contributed by atoms with van der Waals surface area (Å²) >= 11 is 5.61. The molecule has 0 radical (unpaired) electrons. The molecule has 0 aliphatic carbocycles. The summed E-state index contributed by atoms with van der Waals surface area (Å²) in [5.41, 5.74) is 3.03. The highest BCUT2D eigenvalue weighted by Crippen LogP contribution is 2.20. The summed E-state index contributed by atoms with van der Waals surface area (Å²) in [6.45, 7) is 2.00. The Kier molecular flexibility index (Phi) is 2.21. The molecule has 0 atom stereocenters. The number of aromatic nitrogens is 4. The van der Waals surface area contributed by atoms with Crippen molar-refractivity contribution in [2.45, 2.75) is 6.92 Å². The molecular formula is C9H9ClN4. The first-order chi connectivity index (χ1) is 6.68. The maximum absolute atomic E-state index is 5.61. The van der Waals surface area contributed by atoms with Crippen LogP contribution in [0.4, 0.5) is 0 Å². The lowest BCUT2D eigenvalue weighted by atomic mass is 10.2. The van der Waals surface area contributed by atoms with E-state index in [0.29, 0.717) is 0 Å². The van der Waals surface area contributed by atoms with Gasteiger partial charge < -0.3 is 0 Å². The Morgan fingerprint density at radius 1 is 1.21 bits per heavy atom. The molecule has 14 heavy (non-hydrogen) atoms. The molecule has 0 fully saturated rings. The number of nitrogens with zero attached hydrogens (tertiary/aromatic N) is 4. The van der Waals surface area contributed by atoms with Gasteiger partial charge in [-0.2, -0.15) is 5.10 Å². The Balaban J connectivity index is 2.54. The Bertz CT molecular complexity index is 427. The van der Waals surface area contributed by atoms with Crippen molar-refractivity contribution in [2.75, 3.05) is 0 Å². The highest BCUT2D eigenvalue weighted by atomic mass is 35.5. The van der Waals surface area contributed by atoms with Gasteiger partial charge in [0.25, 0.3) is 0 Å². The minimum absolute atomic E-state index is 0.258. The minimum atomic E-state index is 0.258. The predicted octanol–water partition coefficient (Wildman–Crippen LogP) is 1.84. The quantitative estimate of drug-likeness (QED) is 0.672. The molecule has 0 bridgehead atoms. The fourth-order valence-corrected chi connectivity index (χ4v) is 1.49. The Morgan fingerprint density at radius 2 is 1.86 bits per heavy atom. The standard InChI is InChI=1S/C9H9ClN4/c1-6-3-13-14(2)8(6)7-4-11-9(10)12-5-7/h3-5H,1-2H3.